The third-order valence-corrected chi connectivity index (χ3v) is 2.08. The molecule has 2 atom stereocenters. The van der Waals surface area contributed by atoms with Crippen molar-refractivity contribution in [3.63, 3.8) is 0 Å². The van der Waals surface area contributed by atoms with Gasteiger partial charge < -0.3 is 5.73 Å². The molecule has 11 heavy (non-hydrogen) atoms. The molecule has 0 aromatic rings. The minimum Gasteiger partial charge on any atom is -0.328 e. The summed E-state index contributed by atoms with van der Waals surface area (Å²) in [5.41, 5.74) is 5.56. The second-order valence-corrected chi connectivity index (χ2v) is 3.76. The van der Waals surface area contributed by atoms with E-state index in [2.05, 4.69) is 0 Å². The van der Waals surface area contributed by atoms with Gasteiger partial charge in [-0.25, -0.2) is 4.39 Å². The van der Waals surface area contributed by atoms with Gasteiger partial charge in [0, 0.05) is 12.5 Å². The minimum atomic E-state index is -1.10. The van der Waals surface area contributed by atoms with E-state index in [1.807, 2.05) is 13.8 Å². The van der Waals surface area contributed by atoms with E-state index in [0.717, 1.165) is 12.0 Å². The number of nitrogens with two attached hydrogens (primary N) is 1. The monoisotopic (exact) mass is 157 g/mol. The zero-order valence-corrected chi connectivity index (χ0v) is 7.23. The summed E-state index contributed by atoms with van der Waals surface area (Å²) >= 11 is 0. The van der Waals surface area contributed by atoms with Gasteiger partial charge in [-0.2, -0.15) is 0 Å². The molecule has 0 amide bonds. The third kappa shape index (κ3) is 2.29. The second-order valence-electron chi connectivity index (χ2n) is 3.76. The van der Waals surface area contributed by atoms with Crippen LogP contribution in [-0.4, -0.2) is 11.7 Å². The Morgan fingerprint density at radius 3 is 2.64 bits per heavy atom. The van der Waals surface area contributed by atoms with Crippen LogP contribution in [0.15, 0.2) is 11.6 Å². The maximum atomic E-state index is 13.7. The molecule has 2 heteroatoms. The van der Waals surface area contributed by atoms with Gasteiger partial charge in [0.05, 0.1) is 0 Å². The molecule has 1 fully saturated rings. The van der Waals surface area contributed by atoms with Gasteiger partial charge in [-0.3, -0.25) is 0 Å². The Bertz CT molecular complexity index is 172. The third-order valence-electron chi connectivity index (χ3n) is 2.08. The van der Waals surface area contributed by atoms with Crippen LogP contribution in [0.2, 0.25) is 0 Å². The van der Waals surface area contributed by atoms with Crippen LogP contribution in [0.5, 0.6) is 0 Å². The Kier molecular flexibility index (Phi) is 2.33. The largest absolute Gasteiger partial charge is 0.328 e. The van der Waals surface area contributed by atoms with Crippen molar-refractivity contribution in [3.8, 4) is 0 Å². The molecule has 0 radical (unpaired) electrons. The zero-order valence-electron chi connectivity index (χ0n) is 7.23. The van der Waals surface area contributed by atoms with E-state index in [1.54, 1.807) is 6.08 Å². The van der Waals surface area contributed by atoms with Crippen LogP contribution in [0.1, 0.15) is 33.1 Å². The fourth-order valence-electron chi connectivity index (χ4n) is 1.71. The topological polar surface area (TPSA) is 26.0 Å². The first-order valence-corrected chi connectivity index (χ1v) is 4.12. The van der Waals surface area contributed by atoms with Crippen LogP contribution < -0.4 is 5.73 Å². The second kappa shape index (κ2) is 2.94. The molecular weight excluding hydrogens is 141 g/mol. The molecule has 0 saturated heterocycles. The summed E-state index contributed by atoms with van der Waals surface area (Å²) in [5.74, 6) is 0. The number of hydrogen-bond donors (Lipinski definition) is 1. The molecule has 0 spiro atoms. The smallest absolute Gasteiger partial charge is 0.130 e. The molecule has 0 aliphatic heterocycles. The van der Waals surface area contributed by atoms with Gasteiger partial charge in [-0.15, -0.1) is 0 Å². The standard InChI is InChI=1S/C9H16FN/c1-7(2)5-9(10)4-3-8(11)6-9/h5,8H,3-4,6,11H2,1-2H3. The lowest BCUT2D eigenvalue weighted by Crippen LogP contribution is -2.21. The summed E-state index contributed by atoms with van der Waals surface area (Å²) in [4.78, 5) is 0. The molecule has 0 aromatic carbocycles. The van der Waals surface area contributed by atoms with Crippen molar-refractivity contribution in [1.29, 1.82) is 0 Å². The van der Waals surface area contributed by atoms with Gasteiger partial charge in [-0.05, 0) is 32.8 Å². The quantitative estimate of drug-likeness (QED) is 0.580. The van der Waals surface area contributed by atoms with Crippen molar-refractivity contribution in [2.75, 3.05) is 0 Å². The normalized spacial score (nSPS) is 37.3. The van der Waals surface area contributed by atoms with Gasteiger partial charge in [0.25, 0.3) is 0 Å². The number of alkyl halides is 1. The van der Waals surface area contributed by atoms with Crippen molar-refractivity contribution in [1.82, 2.24) is 0 Å². The minimum absolute atomic E-state index is 0.0654. The average molecular weight is 157 g/mol. The maximum absolute atomic E-state index is 13.7. The molecule has 1 nitrogen and oxygen atoms in total. The Hall–Kier alpha value is -0.370. The lowest BCUT2D eigenvalue weighted by Gasteiger charge is -2.14. The van der Waals surface area contributed by atoms with E-state index < -0.39 is 5.67 Å². The fourth-order valence-corrected chi connectivity index (χ4v) is 1.71. The van der Waals surface area contributed by atoms with Crippen LogP contribution in [0.4, 0.5) is 4.39 Å². The highest BCUT2D eigenvalue weighted by atomic mass is 19.1. The Labute approximate surface area is 67.5 Å². The molecule has 2 unspecified atom stereocenters. The summed E-state index contributed by atoms with van der Waals surface area (Å²) in [6.45, 7) is 3.84. The van der Waals surface area contributed by atoms with Crippen LogP contribution in [0.25, 0.3) is 0 Å². The number of hydrogen-bond acceptors (Lipinski definition) is 1. The Morgan fingerprint density at radius 2 is 2.27 bits per heavy atom. The lowest BCUT2D eigenvalue weighted by molar-refractivity contribution is 0.235. The predicted molar refractivity (Wildman–Crippen MR) is 45.1 cm³/mol. The highest BCUT2D eigenvalue weighted by Crippen LogP contribution is 2.34. The van der Waals surface area contributed by atoms with Gasteiger partial charge in [0.1, 0.15) is 5.67 Å². The highest BCUT2D eigenvalue weighted by Gasteiger charge is 2.35. The molecule has 1 aliphatic carbocycles. The molecule has 2 N–H and O–H groups in total. The summed E-state index contributed by atoms with van der Waals surface area (Å²) < 4.78 is 13.7. The van der Waals surface area contributed by atoms with E-state index in [4.69, 9.17) is 5.73 Å². The molecule has 1 rings (SSSR count). The van der Waals surface area contributed by atoms with Crippen molar-refractivity contribution in [3.05, 3.63) is 11.6 Å². The molecule has 0 heterocycles. The van der Waals surface area contributed by atoms with Gasteiger partial charge >= 0.3 is 0 Å². The Balaban J connectivity index is 2.62. The molecule has 1 saturated carbocycles. The molecule has 0 bridgehead atoms. The fraction of sp³-hybridized carbons (Fsp3) is 0.778. The van der Waals surface area contributed by atoms with E-state index in [-0.39, 0.29) is 6.04 Å². The van der Waals surface area contributed by atoms with Gasteiger partial charge in [0.2, 0.25) is 0 Å². The van der Waals surface area contributed by atoms with Gasteiger partial charge in [-0.1, -0.05) is 5.57 Å². The average Bonchev–Trinajstić information content (AvgIpc) is 2.08. The van der Waals surface area contributed by atoms with E-state index in [0.29, 0.717) is 12.8 Å². The van der Waals surface area contributed by atoms with Crippen LogP contribution in [-0.2, 0) is 0 Å². The van der Waals surface area contributed by atoms with E-state index >= 15 is 0 Å². The van der Waals surface area contributed by atoms with E-state index in [1.165, 1.54) is 0 Å². The first kappa shape index (κ1) is 8.72. The first-order chi connectivity index (χ1) is 5.02. The molecular formula is C9H16FN. The van der Waals surface area contributed by atoms with Crippen LogP contribution >= 0.6 is 0 Å². The molecule has 64 valence electrons. The van der Waals surface area contributed by atoms with Crippen LogP contribution in [0.3, 0.4) is 0 Å². The zero-order chi connectivity index (χ0) is 8.48. The van der Waals surface area contributed by atoms with Crippen molar-refractivity contribution in [2.24, 2.45) is 5.73 Å². The lowest BCUT2D eigenvalue weighted by atomic mass is 10.0. The first-order valence-electron chi connectivity index (χ1n) is 4.12. The van der Waals surface area contributed by atoms with Crippen molar-refractivity contribution in [2.45, 2.75) is 44.8 Å². The number of allylic oxidation sites excluding steroid dienone is 2. The summed E-state index contributed by atoms with van der Waals surface area (Å²) in [7, 11) is 0. The molecule has 0 aromatic heterocycles. The number of rotatable bonds is 1. The maximum Gasteiger partial charge on any atom is 0.130 e. The van der Waals surface area contributed by atoms with E-state index in [9.17, 15) is 4.39 Å². The summed E-state index contributed by atoms with van der Waals surface area (Å²) in [6.07, 6.45) is 3.62. The summed E-state index contributed by atoms with van der Waals surface area (Å²) in [6, 6.07) is 0.0654. The van der Waals surface area contributed by atoms with Gasteiger partial charge in [0.15, 0.2) is 0 Å². The van der Waals surface area contributed by atoms with Crippen molar-refractivity contribution >= 4 is 0 Å². The Morgan fingerprint density at radius 1 is 1.64 bits per heavy atom. The summed E-state index contributed by atoms with van der Waals surface area (Å²) in [5, 5.41) is 0. The highest BCUT2D eigenvalue weighted by molar-refractivity contribution is 5.11. The van der Waals surface area contributed by atoms with Crippen molar-refractivity contribution < 1.29 is 4.39 Å². The SMILES string of the molecule is CC(C)=CC1(F)CCC(N)C1. The number of halogens is 1. The van der Waals surface area contributed by atoms with Crippen LogP contribution in [0, 0.1) is 0 Å². The predicted octanol–water partition coefficient (Wildman–Crippen LogP) is 2.17. The molecule has 1 aliphatic rings.